The average molecular weight is 564 g/mol. The van der Waals surface area contributed by atoms with Gasteiger partial charge >= 0.3 is 17.1 Å². The molecule has 1 aliphatic heterocycles. The van der Waals surface area contributed by atoms with Gasteiger partial charge < -0.3 is 4.74 Å². The van der Waals surface area contributed by atoms with Crippen LogP contribution in [-0.4, -0.2) is 11.9 Å². The van der Waals surface area contributed by atoms with Crippen molar-refractivity contribution in [2.75, 3.05) is 0 Å². The molecule has 2 saturated carbocycles. The van der Waals surface area contributed by atoms with Crippen molar-refractivity contribution < 1.29 is 21.8 Å². The second-order valence-electron chi connectivity index (χ2n) is 8.54. The van der Waals surface area contributed by atoms with E-state index in [0.717, 1.165) is 16.1 Å². The monoisotopic (exact) mass is 563 g/mol. The number of hydrogen-bond donors (Lipinski definition) is 0. The second kappa shape index (κ2) is 14.0. The third-order valence-electron chi connectivity index (χ3n) is 6.07. The number of ether oxygens (including phenoxy) is 1. The van der Waals surface area contributed by atoms with E-state index in [0.29, 0.717) is 12.5 Å². The van der Waals surface area contributed by atoms with Gasteiger partial charge in [-0.1, -0.05) is 72.3 Å². The fourth-order valence-electron chi connectivity index (χ4n) is 4.35. The quantitative estimate of drug-likeness (QED) is 0.245. The summed E-state index contributed by atoms with van der Waals surface area (Å²) in [5.74, 6) is 1.95. The summed E-state index contributed by atoms with van der Waals surface area (Å²) in [6, 6.07) is 27.4. The van der Waals surface area contributed by atoms with Crippen molar-refractivity contribution in [1.82, 2.24) is 0 Å². The van der Waals surface area contributed by atoms with Crippen molar-refractivity contribution in [2.24, 2.45) is 4.99 Å². The number of rotatable bonds is 5. The average Bonchev–Trinajstić information content (AvgIpc) is 3.69. The largest absolute Gasteiger partial charge is 2.00 e. The fourth-order valence-corrected chi connectivity index (χ4v) is 7.09. The molecule has 0 unspecified atom stereocenters. The van der Waals surface area contributed by atoms with Gasteiger partial charge in [-0.3, -0.25) is 0 Å². The van der Waals surface area contributed by atoms with Crippen LogP contribution in [-0.2, 0) is 28.4 Å². The second-order valence-corrected chi connectivity index (χ2v) is 11.2. The molecule has 3 aromatic carbocycles. The Kier molecular flexibility index (Phi) is 10.7. The minimum atomic E-state index is -0.665. The zero-order chi connectivity index (χ0) is 24.7. The summed E-state index contributed by atoms with van der Waals surface area (Å²) < 4.78 is 5.91. The van der Waals surface area contributed by atoms with Crippen LogP contribution in [0.4, 0.5) is 0 Å². The summed E-state index contributed by atoms with van der Waals surface area (Å²) in [5, 5.41) is 3.41. The van der Waals surface area contributed by atoms with E-state index in [1.807, 2.05) is 50.3 Å². The van der Waals surface area contributed by atoms with Crippen LogP contribution in [0.5, 0.6) is 0 Å². The predicted molar refractivity (Wildman–Crippen MR) is 152 cm³/mol. The molecule has 6 rings (SSSR count). The number of nitrogens with zero attached hydrogens (tertiary/aromatic N) is 1. The molecule has 5 heteroatoms. The third-order valence-corrected chi connectivity index (χ3v) is 8.83. The minimum absolute atomic E-state index is 0. The van der Waals surface area contributed by atoms with Crippen molar-refractivity contribution in [2.45, 2.75) is 19.6 Å². The maximum absolute atomic E-state index is 6.14. The van der Waals surface area contributed by atoms with Gasteiger partial charge in [-0.15, -0.1) is 0 Å². The molecule has 10 radical (unpaired) electrons. The van der Waals surface area contributed by atoms with Crippen molar-refractivity contribution in [3.63, 3.8) is 0 Å². The van der Waals surface area contributed by atoms with Crippen LogP contribution in [0, 0.1) is 62.9 Å². The topological polar surface area (TPSA) is 21.6 Å². The van der Waals surface area contributed by atoms with E-state index in [4.69, 9.17) is 21.3 Å². The number of benzene rings is 3. The first-order valence-electron chi connectivity index (χ1n) is 12.0. The number of fused-ring (bicyclic) bond motifs is 1. The summed E-state index contributed by atoms with van der Waals surface area (Å²) in [6.45, 7) is 2.67. The molecule has 1 heterocycles. The van der Waals surface area contributed by atoms with E-state index in [1.54, 1.807) is 0 Å². The molecule has 184 valence electrons. The Morgan fingerprint density at radius 1 is 0.784 bits per heavy atom. The van der Waals surface area contributed by atoms with E-state index >= 15 is 0 Å². The van der Waals surface area contributed by atoms with Gasteiger partial charge in [0.25, 0.3) is 0 Å². The van der Waals surface area contributed by atoms with Gasteiger partial charge in [-0.25, -0.2) is 4.99 Å². The van der Waals surface area contributed by atoms with E-state index in [2.05, 4.69) is 86.8 Å². The standard InChI is InChI=1S/C27H22ClNOP.C5H5.Fe/c1-19(29-27-25-16-15-21(28)17-20(25)18-30-27)24-13-8-14-26(24)31(22-9-4-2-5-10-22)23-11-6-3-7-12-23;1-2-4-5-3-1;/h2-17,19H,18H2,1H3;1-5H;/q;;+2/t19-;;/m1../s1. The zero-order valence-electron chi connectivity index (χ0n) is 20.4. The molecule has 0 N–H and O–H groups in total. The Labute approximate surface area is 239 Å². The van der Waals surface area contributed by atoms with Crippen LogP contribution < -0.4 is 10.6 Å². The van der Waals surface area contributed by atoms with Crippen molar-refractivity contribution in [3.8, 4) is 0 Å². The van der Waals surface area contributed by atoms with E-state index in [9.17, 15) is 0 Å². The molecule has 2 fully saturated rings. The van der Waals surface area contributed by atoms with Gasteiger partial charge in [0.15, 0.2) is 0 Å². The molecule has 0 amide bonds. The van der Waals surface area contributed by atoms with Gasteiger partial charge in [0.1, 0.15) is 6.61 Å². The van der Waals surface area contributed by atoms with Gasteiger partial charge in [0.05, 0.1) is 6.04 Å². The normalized spacial score (nSPS) is 19.2. The van der Waals surface area contributed by atoms with Crippen molar-refractivity contribution in [3.05, 3.63) is 158 Å². The summed E-state index contributed by atoms with van der Waals surface area (Å²) in [6.07, 6.45) is 16.6. The van der Waals surface area contributed by atoms with Gasteiger partial charge in [0, 0.05) is 27.7 Å². The molecular weight excluding hydrogens is 537 g/mol. The molecule has 0 saturated heterocycles. The van der Waals surface area contributed by atoms with E-state index < -0.39 is 7.92 Å². The Morgan fingerprint density at radius 3 is 1.97 bits per heavy atom. The van der Waals surface area contributed by atoms with Crippen LogP contribution in [0.25, 0.3) is 0 Å². The van der Waals surface area contributed by atoms with Crippen LogP contribution in [0.2, 0.25) is 5.02 Å². The summed E-state index contributed by atoms with van der Waals surface area (Å²) in [4.78, 5) is 4.98. The van der Waals surface area contributed by atoms with Crippen molar-refractivity contribution in [1.29, 1.82) is 0 Å². The Hall–Kier alpha value is -1.63. The first-order chi connectivity index (χ1) is 17.7. The Bertz CT molecular complexity index is 1100. The van der Waals surface area contributed by atoms with Gasteiger partial charge in [-0.05, 0) is 95.0 Å². The van der Waals surface area contributed by atoms with Crippen LogP contribution in [0.1, 0.15) is 18.1 Å². The van der Waals surface area contributed by atoms with Gasteiger partial charge in [0.2, 0.25) is 5.90 Å². The minimum Gasteiger partial charge on any atom is -0.473 e. The van der Waals surface area contributed by atoms with E-state index in [1.165, 1.54) is 22.2 Å². The molecule has 3 aromatic rings. The number of halogens is 1. The van der Waals surface area contributed by atoms with Crippen LogP contribution in [0.15, 0.2) is 83.9 Å². The molecule has 0 bridgehead atoms. The maximum atomic E-state index is 6.14. The molecule has 2 nitrogen and oxygen atoms in total. The first kappa shape index (κ1) is 28.4. The number of aliphatic imine (C=N–C) groups is 1. The van der Waals surface area contributed by atoms with Crippen molar-refractivity contribution >= 4 is 36.0 Å². The maximum Gasteiger partial charge on any atom is 2.00 e. The summed E-state index contributed by atoms with van der Waals surface area (Å²) in [5.41, 5.74) is 3.48. The number of hydrogen-bond acceptors (Lipinski definition) is 2. The van der Waals surface area contributed by atoms with E-state index in [-0.39, 0.29) is 23.1 Å². The smallest absolute Gasteiger partial charge is 0.473 e. The molecule has 37 heavy (non-hydrogen) atoms. The summed E-state index contributed by atoms with van der Waals surface area (Å²) >= 11 is 6.14. The molecular formula is C32H27ClFeNOP+2. The molecule has 0 aromatic heterocycles. The first-order valence-corrected chi connectivity index (χ1v) is 13.7. The summed E-state index contributed by atoms with van der Waals surface area (Å²) in [7, 11) is -0.665. The molecule has 0 spiro atoms. The fraction of sp³-hybridized carbons (Fsp3) is 0.0938. The van der Waals surface area contributed by atoms with Crippen LogP contribution >= 0.6 is 19.5 Å². The SMILES string of the molecule is C[C@@H](N=C1OCc2cc(Cl)ccc21)[C]1[CH][CH][CH][C]1P(c1ccccc1)c1ccccc1.[CH]1[CH][CH][CH][CH]1.[Fe+2]. The molecule has 3 aliphatic rings. The zero-order valence-corrected chi connectivity index (χ0v) is 23.2. The van der Waals surface area contributed by atoms with Gasteiger partial charge in [-0.2, -0.15) is 0 Å². The Morgan fingerprint density at radius 2 is 1.38 bits per heavy atom. The predicted octanol–water partition coefficient (Wildman–Crippen LogP) is 6.89. The molecule has 1 atom stereocenters. The third kappa shape index (κ3) is 7.07. The Balaban J connectivity index is 0.000000479. The van der Waals surface area contributed by atoms with Crippen LogP contribution in [0.3, 0.4) is 0 Å². The molecule has 2 aliphatic carbocycles.